The molecule has 2 aliphatic heterocycles. The highest BCUT2D eigenvalue weighted by Gasteiger charge is 2.53. The molecule has 9 N–H and O–H groups in total. The highest BCUT2D eigenvalue weighted by Crippen LogP contribution is 2.39. The highest BCUT2D eigenvalue weighted by molar-refractivity contribution is 4.97. The van der Waals surface area contributed by atoms with Crippen molar-refractivity contribution in [2.75, 3.05) is 13.2 Å². The molecule has 0 radical (unpaired) electrons. The van der Waals surface area contributed by atoms with E-state index in [1.807, 2.05) is 41.5 Å². The van der Waals surface area contributed by atoms with Gasteiger partial charge in [-0.2, -0.15) is 0 Å². The molecule has 0 amide bonds. The van der Waals surface area contributed by atoms with Crippen molar-refractivity contribution < 1.29 is 45.1 Å². The summed E-state index contributed by atoms with van der Waals surface area (Å²) in [5.74, 6) is -0.363. The van der Waals surface area contributed by atoms with Gasteiger partial charge in [0.1, 0.15) is 24.4 Å². The summed E-state index contributed by atoms with van der Waals surface area (Å²) in [7, 11) is 0. The van der Waals surface area contributed by atoms with Gasteiger partial charge in [-0.25, -0.2) is 0 Å². The van der Waals surface area contributed by atoms with Gasteiger partial charge in [-0.1, -0.05) is 20.8 Å². The molecule has 2 rings (SSSR count). The highest BCUT2D eigenvalue weighted by atomic mass is 16.7. The number of hydrogen-bond acceptors (Lipinski definition) is 9. The number of nitrogens with two attached hydrogens (primary N) is 1. The minimum atomic E-state index is -1.22. The van der Waals surface area contributed by atoms with Crippen LogP contribution in [0.3, 0.4) is 0 Å². The summed E-state index contributed by atoms with van der Waals surface area (Å²) < 4.78 is 23.4. The molecular formula is C20H41N2O8+. The van der Waals surface area contributed by atoms with Gasteiger partial charge in [-0.15, -0.1) is 0 Å². The number of rotatable bonds is 5. The summed E-state index contributed by atoms with van der Waals surface area (Å²) >= 11 is 0. The normalized spacial score (nSPS) is 43.6. The fraction of sp³-hybridized carbons (Fsp3) is 1.00. The second kappa shape index (κ2) is 9.62. The van der Waals surface area contributed by atoms with Gasteiger partial charge in [0, 0.05) is 5.92 Å². The van der Waals surface area contributed by atoms with E-state index in [0.717, 1.165) is 0 Å². The summed E-state index contributed by atoms with van der Waals surface area (Å²) in [5, 5.41) is 41.3. The van der Waals surface area contributed by atoms with Gasteiger partial charge in [0.15, 0.2) is 12.3 Å². The number of quaternary nitrogens is 1. The van der Waals surface area contributed by atoms with Crippen molar-refractivity contribution in [3.8, 4) is 0 Å². The smallest absolute Gasteiger partial charge is 0.213 e. The van der Waals surface area contributed by atoms with Crippen LogP contribution < -0.4 is 11.5 Å². The summed E-state index contributed by atoms with van der Waals surface area (Å²) in [6.07, 6.45) is -6.71. The van der Waals surface area contributed by atoms with E-state index in [4.69, 9.17) is 24.7 Å². The Balaban J connectivity index is 2.18. The predicted molar refractivity (Wildman–Crippen MR) is 107 cm³/mol. The molecule has 30 heavy (non-hydrogen) atoms. The molecule has 2 heterocycles. The SMILES string of the molecule is CC(C)(C)O[C@@H]1OC(CO)[C@@H](O[C@@H]2OC(CO)[C@@H](C(C)(C)C)[C@H](O)C2[NH3+])[C@H](O)C1N. The Hall–Kier alpha value is -0.400. The average Bonchev–Trinajstić information content (AvgIpc) is 2.62. The van der Waals surface area contributed by atoms with E-state index in [2.05, 4.69) is 5.73 Å². The molecule has 0 bridgehead atoms. The first kappa shape index (κ1) is 25.9. The van der Waals surface area contributed by atoms with Crippen molar-refractivity contribution in [1.29, 1.82) is 0 Å². The third kappa shape index (κ3) is 5.69. The Bertz CT molecular complexity index is 548. The molecule has 0 spiro atoms. The van der Waals surface area contributed by atoms with E-state index in [1.54, 1.807) is 0 Å². The molecule has 10 nitrogen and oxygen atoms in total. The molecule has 0 saturated carbocycles. The van der Waals surface area contributed by atoms with Crippen LogP contribution in [0.4, 0.5) is 0 Å². The molecule has 2 saturated heterocycles. The molecule has 0 aromatic carbocycles. The van der Waals surface area contributed by atoms with Crippen LogP contribution in [-0.4, -0.2) is 94.4 Å². The lowest BCUT2D eigenvalue weighted by Crippen LogP contribution is -2.78. The zero-order valence-electron chi connectivity index (χ0n) is 18.9. The summed E-state index contributed by atoms with van der Waals surface area (Å²) in [5.41, 5.74) is 9.22. The monoisotopic (exact) mass is 437 g/mol. The van der Waals surface area contributed by atoms with E-state index < -0.39 is 67.4 Å². The molecule has 2 fully saturated rings. The lowest BCUT2D eigenvalue weighted by Gasteiger charge is -2.49. The van der Waals surface area contributed by atoms with Crippen LogP contribution in [0, 0.1) is 11.3 Å². The number of aliphatic hydroxyl groups excluding tert-OH is 4. The third-order valence-electron chi connectivity index (χ3n) is 5.71. The zero-order chi connectivity index (χ0) is 23.0. The van der Waals surface area contributed by atoms with Crippen LogP contribution in [-0.2, 0) is 18.9 Å². The number of aliphatic hydroxyl groups is 4. The summed E-state index contributed by atoms with van der Waals surface area (Å²) in [4.78, 5) is 0. The van der Waals surface area contributed by atoms with Crippen molar-refractivity contribution in [2.24, 2.45) is 17.1 Å². The standard InChI is InChI=1S/C20H40N2O8/c1-19(2,3)11-9(7-23)27-17(12(21)14(11)25)29-16-10(8-24)28-18(13(22)15(16)26)30-20(4,5)6/h9-18,23-26H,7-8,21-22H2,1-6H3/p+1/t9?,10?,11-,12?,13?,14+,15-,16-,17+,18+/m1/s1. The van der Waals surface area contributed by atoms with Crippen LogP contribution in [0.25, 0.3) is 0 Å². The van der Waals surface area contributed by atoms with Gasteiger partial charge in [-0.05, 0) is 26.2 Å². The molecule has 10 heteroatoms. The maximum absolute atomic E-state index is 10.9. The van der Waals surface area contributed by atoms with Crippen LogP contribution in [0.2, 0.25) is 0 Å². The fourth-order valence-corrected chi connectivity index (χ4v) is 4.23. The quantitative estimate of drug-likeness (QED) is 0.283. The first-order valence-electron chi connectivity index (χ1n) is 10.5. The maximum Gasteiger partial charge on any atom is 0.213 e. The minimum absolute atomic E-state index is 0.306. The van der Waals surface area contributed by atoms with Gasteiger partial charge < -0.3 is 50.8 Å². The van der Waals surface area contributed by atoms with Crippen molar-refractivity contribution in [1.82, 2.24) is 0 Å². The molecule has 178 valence electrons. The Morgan fingerprint density at radius 1 is 0.900 bits per heavy atom. The van der Waals surface area contributed by atoms with Crippen molar-refractivity contribution in [3.63, 3.8) is 0 Å². The summed E-state index contributed by atoms with van der Waals surface area (Å²) in [6.45, 7) is 10.6. The largest absolute Gasteiger partial charge is 0.394 e. The zero-order valence-corrected chi connectivity index (χ0v) is 18.9. The first-order chi connectivity index (χ1) is 13.7. The van der Waals surface area contributed by atoms with Crippen molar-refractivity contribution >= 4 is 0 Å². The molecule has 10 atom stereocenters. The molecule has 0 aliphatic carbocycles. The number of hydrogen-bond donors (Lipinski definition) is 6. The Morgan fingerprint density at radius 3 is 1.90 bits per heavy atom. The van der Waals surface area contributed by atoms with E-state index in [1.165, 1.54) is 0 Å². The fourth-order valence-electron chi connectivity index (χ4n) is 4.23. The third-order valence-corrected chi connectivity index (χ3v) is 5.71. The maximum atomic E-state index is 10.9. The average molecular weight is 438 g/mol. The van der Waals surface area contributed by atoms with Gasteiger partial charge in [0.05, 0.1) is 31.0 Å². The van der Waals surface area contributed by atoms with E-state index in [9.17, 15) is 20.4 Å². The van der Waals surface area contributed by atoms with Crippen LogP contribution in [0.15, 0.2) is 0 Å². The van der Waals surface area contributed by atoms with Gasteiger partial charge in [0.25, 0.3) is 0 Å². The molecule has 4 unspecified atom stereocenters. The molecule has 0 aromatic rings. The first-order valence-corrected chi connectivity index (χ1v) is 10.5. The second-order valence-corrected chi connectivity index (χ2v) is 10.4. The van der Waals surface area contributed by atoms with Crippen LogP contribution in [0.1, 0.15) is 41.5 Å². The minimum Gasteiger partial charge on any atom is -0.394 e. The Morgan fingerprint density at radius 2 is 1.43 bits per heavy atom. The van der Waals surface area contributed by atoms with Gasteiger partial charge in [-0.3, -0.25) is 0 Å². The van der Waals surface area contributed by atoms with Crippen molar-refractivity contribution in [2.45, 2.75) is 102 Å². The molecular weight excluding hydrogens is 396 g/mol. The lowest BCUT2D eigenvalue weighted by molar-refractivity contribution is -0.508. The Kier molecular flexibility index (Phi) is 8.29. The van der Waals surface area contributed by atoms with Gasteiger partial charge >= 0.3 is 0 Å². The van der Waals surface area contributed by atoms with Crippen molar-refractivity contribution in [3.05, 3.63) is 0 Å². The predicted octanol–water partition coefficient (Wildman–Crippen LogP) is -2.06. The van der Waals surface area contributed by atoms with Gasteiger partial charge in [0.2, 0.25) is 6.29 Å². The second-order valence-electron chi connectivity index (χ2n) is 10.4. The molecule has 0 aromatic heterocycles. The molecule has 2 aliphatic rings. The topological polar surface area (TPSA) is 172 Å². The summed E-state index contributed by atoms with van der Waals surface area (Å²) in [6, 6.07) is -1.62. The van der Waals surface area contributed by atoms with E-state index in [0.29, 0.717) is 0 Å². The van der Waals surface area contributed by atoms with Crippen LogP contribution in [0.5, 0.6) is 0 Å². The van der Waals surface area contributed by atoms with Crippen LogP contribution >= 0.6 is 0 Å². The Labute approximate surface area is 178 Å². The van der Waals surface area contributed by atoms with E-state index >= 15 is 0 Å². The number of ether oxygens (including phenoxy) is 4. The van der Waals surface area contributed by atoms with E-state index in [-0.39, 0.29) is 17.9 Å². The lowest BCUT2D eigenvalue weighted by atomic mass is 9.71.